The highest BCUT2D eigenvalue weighted by molar-refractivity contribution is 7.90. The Hall–Kier alpha value is -1.84. The average Bonchev–Trinajstić information content (AvgIpc) is 3.31. The summed E-state index contributed by atoms with van der Waals surface area (Å²) in [5.74, 6) is 2.86. The summed E-state index contributed by atoms with van der Waals surface area (Å²) in [6.45, 7) is 9.84. The second-order valence-electron chi connectivity index (χ2n) is 15.1. The Morgan fingerprint density at radius 3 is 2.30 bits per heavy atom. The fourth-order valence-corrected chi connectivity index (χ4v) is 11.6. The van der Waals surface area contributed by atoms with Gasteiger partial charge < -0.3 is 20.4 Å². The largest absolute Gasteiger partial charge is 0.393 e. The Kier molecular flexibility index (Phi) is 9.21. The Morgan fingerprint density at radius 2 is 1.65 bits per heavy atom. The summed E-state index contributed by atoms with van der Waals surface area (Å²) >= 11 is 0. The number of carbonyl (C=O) groups excluding carboxylic acids is 1. The molecule has 4 saturated carbocycles. The number of nitrogens with one attached hydrogen (secondary N) is 2. The molecule has 8 nitrogen and oxygen atoms in total. The van der Waals surface area contributed by atoms with Crippen molar-refractivity contribution in [3.8, 4) is 0 Å². The third-order valence-corrected chi connectivity index (χ3v) is 14.3. The van der Waals surface area contributed by atoms with E-state index in [2.05, 4.69) is 37.7 Å². The molecule has 1 aromatic rings. The van der Waals surface area contributed by atoms with E-state index < -0.39 is 16.1 Å². The SMILES string of the molecule is CC[C@H]1[C@@H](O)[C@H]2C3CCC([C@H](C)CCNC(=O)NS(=O)(=O)c4ccc(N(C)C)cc4)[C@@]3(C)CCC2[C@@]2(C)CC[C@@H](O)C[C@@H]12. The number of nitrogens with zero attached hydrogens (tertiary/aromatic N) is 1. The van der Waals surface area contributed by atoms with Gasteiger partial charge in [-0.25, -0.2) is 17.9 Å². The zero-order valence-electron chi connectivity index (χ0n) is 27.1. The Labute approximate surface area is 259 Å². The number of amides is 2. The van der Waals surface area contributed by atoms with Gasteiger partial charge in [0, 0.05) is 26.3 Å². The number of anilines is 1. The maximum atomic E-state index is 12.7. The Morgan fingerprint density at radius 1 is 1.00 bits per heavy atom. The number of fused-ring (bicyclic) bond motifs is 5. The van der Waals surface area contributed by atoms with Crippen LogP contribution in [-0.2, 0) is 10.0 Å². The summed E-state index contributed by atoms with van der Waals surface area (Å²) in [6.07, 6.45) is 8.59. The van der Waals surface area contributed by atoms with Crippen LogP contribution < -0.4 is 14.9 Å². The average molecular weight is 618 g/mol. The summed E-state index contributed by atoms with van der Waals surface area (Å²) in [6, 6.07) is 5.73. The van der Waals surface area contributed by atoms with E-state index in [1.54, 1.807) is 12.1 Å². The molecular formula is C34H55N3O5S. The molecule has 4 N–H and O–H groups in total. The first kappa shape index (κ1) is 32.6. The molecule has 0 spiro atoms. The molecule has 4 fully saturated rings. The molecule has 2 amide bonds. The molecule has 4 aliphatic rings. The third kappa shape index (κ3) is 5.83. The van der Waals surface area contributed by atoms with Crippen LogP contribution in [0.15, 0.2) is 29.2 Å². The molecule has 11 atom stereocenters. The maximum absolute atomic E-state index is 12.7. The quantitative estimate of drug-likeness (QED) is 0.311. The van der Waals surface area contributed by atoms with Crippen LogP contribution in [0.2, 0.25) is 0 Å². The lowest BCUT2D eigenvalue weighted by atomic mass is 9.41. The summed E-state index contributed by atoms with van der Waals surface area (Å²) in [7, 11) is -0.189. The van der Waals surface area contributed by atoms with Crippen molar-refractivity contribution < 1.29 is 23.4 Å². The maximum Gasteiger partial charge on any atom is 0.328 e. The van der Waals surface area contributed by atoms with E-state index in [0.717, 1.165) is 57.1 Å². The predicted octanol–water partition coefficient (Wildman–Crippen LogP) is 5.39. The van der Waals surface area contributed by atoms with Gasteiger partial charge in [0.25, 0.3) is 10.0 Å². The summed E-state index contributed by atoms with van der Waals surface area (Å²) in [5, 5.41) is 25.2. The zero-order chi connectivity index (χ0) is 31.3. The number of hydrogen-bond donors (Lipinski definition) is 4. The topological polar surface area (TPSA) is 119 Å². The van der Waals surface area contributed by atoms with Crippen LogP contribution >= 0.6 is 0 Å². The second-order valence-corrected chi connectivity index (χ2v) is 16.8. The number of rotatable bonds is 8. The normalized spacial score (nSPS) is 39.6. The number of urea groups is 1. The van der Waals surface area contributed by atoms with Crippen LogP contribution in [-0.4, -0.2) is 57.5 Å². The summed E-state index contributed by atoms with van der Waals surface area (Å²) in [5.41, 5.74) is 1.23. The number of aliphatic hydroxyl groups is 2. The number of sulfonamides is 1. The number of aliphatic hydroxyl groups excluding tert-OH is 2. The fourth-order valence-electron chi connectivity index (χ4n) is 10.7. The molecule has 0 radical (unpaired) electrons. The second kappa shape index (κ2) is 12.2. The first-order valence-corrected chi connectivity index (χ1v) is 18.2. The minimum atomic E-state index is -3.95. The van der Waals surface area contributed by atoms with Gasteiger partial charge >= 0.3 is 6.03 Å². The monoisotopic (exact) mass is 617 g/mol. The van der Waals surface area contributed by atoms with Crippen molar-refractivity contribution >= 4 is 21.7 Å². The lowest BCUT2D eigenvalue weighted by Crippen LogP contribution is -2.62. The summed E-state index contributed by atoms with van der Waals surface area (Å²) in [4.78, 5) is 14.5. The van der Waals surface area contributed by atoms with Crippen LogP contribution in [0.3, 0.4) is 0 Å². The van der Waals surface area contributed by atoms with E-state index in [1.165, 1.54) is 18.6 Å². The van der Waals surface area contributed by atoms with E-state index in [9.17, 15) is 23.4 Å². The van der Waals surface area contributed by atoms with E-state index in [1.807, 2.05) is 19.0 Å². The molecule has 43 heavy (non-hydrogen) atoms. The van der Waals surface area contributed by atoms with Crippen LogP contribution in [0.4, 0.5) is 10.5 Å². The highest BCUT2D eigenvalue weighted by Gasteiger charge is 2.64. The van der Waals surface area contributed by atoms with Gasteiger partial charge in [-0.15, -0.1) is 0 Å². The molecular weight excluding hydrogens is 562 g/mol. The van der Waals surface area contributed by atoms with Crippen LogP contribution in [0.1, 0.15) is 85.5 Å². The van der Waals surface area contributed by atoms with Crippen LogP contribution in [0.5, 0.6) is 0 Å². The van der Waals surface area contributed by atoms with Gasteiger partial charge in [0.05, 0.1) is 17.1 Å². The van der Waals surface area contributed by atoms with Gasteiger partial charge in [-0.2, -0.15) is 0 Å². The van der Waals surface area contributed by atoms with Crippen molar-refractivity contribution in [2.75, 3.05) is 25.5 Å². The van der Waals surface area contributed by atoms with Crippen LogP contribution in [0.25, 0.3) is 0 Å². The molecule has 3 unspecified atom stereocenters. The Balaban J connectivity index is 1.20. The number of benzene rings is 1. The van der Waals surface area contributed by atoms with Gasteiger partial charge in [0.1, 0.15) is 0 Å². The molecule has 0 aromatic heterocycles. The van der Waals surface area contributed by atoms with E-state index >= 15 is 0 Å². The summed E-state index contributed by atoms with van der Waals surface area (Å²) < 4.78 is 27.6. The molecule has 242 valence electrons. The van der Waals surface area contributed by atoms with Gasteiger partial charge in [-0.3, -0.25) is 0 Å². The minimum absolute atomic E-state index is 0.0574. The molecule has 0 saturated heterocycles. The number of hydrogen-bond acceptors (Lipinski definition) is 6. The van der Waals surface area contributed by atoms with Crippen molar-refractivity contribution in [1.82, 2.24) is 10.0 Å². The molecule has 0 heterocycles. The van der Waals surface area contributed by atoms with Crippen molar-refractivity contribution in [1.29, 1.82) is 0 Å². The highest BCUT2D eigenvalue weighted by atomic mass is 32.2. The van der Waals surface area contributed by atoms with Crippen LogP contribution in [0, 0.1) is 52.3 Å². The van der Waals surface area contributed by atoms with E-state index in [0.29, 0.717) is 42.1 Å². The van der Waals surface area contributed by atoms with Gasteiger partial charge in [0.2, 0.25) is 0 Å². The lowest BCUT2D eigenvalue weighted by molar-refractivity contribution is -0.203. The standard InChI is InChI=1S/C34H55N3O5S/c1-7-25-29-20-23(38)14-17-34(29,4)28-15-18-33(3)26(12-13-27(33)30(28)31(25)39)21(2)16-19-35-32(40)36-43(41,42)24-10-8-22(9-11-24)37(5)6/h8-11,21,23,25-31,38-39H,7,12-20H2,1-6H3,(H2,35,36,40)/t21-,23-,25-,26?,27?,28?,29+,30+,31-,33-,34-/m1/s1. The molecule has 4 aliphatic carbocycles. The first-order chi connectivity index (χ1) is 20.2. The third-order valence-electron chi connectivity index (χ3n) is 12.9. The zero-order valence-corrected chi connectivity index (χ0v) is 27.9. The van der Waals surface area contributed by atoms with Gasteiger partial charge in [-0.1, -0.05) is 34.1 Å². The predicted molar refractivity (Wildman–Crippen MR) is 170 cm³/mol. The van der Waals surface area contributed by atoms with Crippen molar-refractivity contribution in [2.24, 2.45) is 52.3 Å². The smallest absolute Gasteiger partial charge is 0.328 e. The molecule has 5 rings (SSSR count). The highest BCUT2D eigenvalue weighted by Crippen LogP contribution is 2.69. The van der Waals surface area contributed by atoms with Gasteiger partial charge in [0.15, 0.2) is 0 Å². The molecule has 0 aliphatic heterocycles. The molecule has 9 heteroatoms. The van der Waals surface area contributed by atoms with Crippen molar-refractivity contribution in [2.45, 2.75) is 103 Å². The van der Waals surface area contributed by atoms with Crippen molar-refractivity contribution in [3.05, 3.63) is 24.3 Å². The first-order valence-electron chi connectivity index (χ1n) is 16.7. The fraction of sp³-hybridized carbons (Fsp3) is 0.794. The molecule has 0 bridgehead atoms. The van der Waals surface area contributed by atoms with Gasteiger partial charge in [-0.05, 0) is 128 Å². The minimum Gasteiger partial charge on any atom is -0.393 e. The van der Waals surface area contributed by atoms with E-state index in [-0.39, 0.29) is 33.9 Å². The Bertz CT molecular complexity index is 1250. The van der Waals surface area contributed by atoms with Crippen molar-refractivity contribution in [3.63, 3.8) is 0 Å². The lowest BCUT2D eigenvalue weighted by Gasteiger charge is -2.64. The molecule has 1 aromatic carbocycles. The van der Waals surface area contributed by atoms with E-state index in [4.69, 9.17) is 0 Å². The number of carbonyl (C=O) groups is 1.